The zero-order valence-corrected chi connectivity index (χ0v) is 11.3. The fourth-order valence-electron chi connectivity index (χ4n) is 2.60. The molecule has 0 bridgehead atoms. The molecule has 1 aromatic carbocycles. The number of nitrogens with zero attached hydrogens (tertiary/aromatic N) is 2. The van der Waals surface area contributed by atoms with Crippen LogP contribution >= 0.6 is 0 Å². The molecule has 2 aliphatic rings. The lowest BCUT2D eigenvalue weighted by atomic mass is 9.77. The van der Waals surface area contributed by atoms with E-state index in [1.54, 1.807) is 12.1 Å². The molecule has 3 N–H and O–H groups in total. The van der Waals surface area contributed by atoms with Crippen molar-refractivity contribution in [2.45, 2.75) is 24.8 Å². The average molecular weight is 286 g/mol. The lowest BCUT2D eigenvalue weighted by Crippen LogP contribution is -2.44. The molecule has 4 rings (SSSR count). The molecule has 1 aromatic heterocycles. The van der Waals surface area contributed by atoms with E-state index in [0.29, 0.717) is 28.7 Å². The van der Waals surface area contributed by atoms with Gasteiger partial charge in [-0.3, -0.25) is 4.79 Å². The molecule has 108 valence electrons. The molecule has 2 heterocycles. The van der Waals surface area contributed by atoms with Gasteiger partial charge in [0.15, 0.2) is 18.2 Å². The third-order valence-electron chi connectivity index (χ3n) is 3.98. The number of nitrogens with one attached hydrogen (secondary N) is 1. The maximum absolute atomic E-state index is 11.4. The van der Waals surface area contributed by atoms with Crippen molar-refractivity contribution in [2.75, 3.05) is 11.9 Å². The number of hydrogen-bond donors (Lipinski definition) is 2. The molecule has 2 aromatic rings. The van der Waals surface area contributed by atoms with Gasteiger partial charge in [-0.05, 0) is 31.4 Å². The van der Waals surface area contributed by atoms with Crippen molar-refractivity contribution in [3.05, 3.63) is 24.0 Å². The molecule has 21 heavy (non-hydrogen) atoms. The van der Waals surface area contributed by atoms with Gasteiger partial charge in [0.1, 0.15) is 0 Å². The number of aromatic nitrogens is 2. The Morgan fingerprint density at radius 2 is 2.19 bits per heavy atom. The second-order valence-electron chi connectivity index (χ2n) is 5.45. The molecule has 0 saturated heterocycles. The predicted octanol–water partition coefficient (Wildman–Crippen LogP) is 1.41. The van der Waals surface area contributed by atoms with Gasteiger partial charge in [-0.1, -0.05) is 11.2 Å². The Hall–Kier alpha value is -2.41. The van der Waals surface area contributed by atoms with Crippen LogP contribution in [0.1, 0.15) is 25.1 Å². The summed E-state index contributed by atoms with van der Waals surface area (Å²) in [5, 5.41) is 6.75. The first-order valence-corrected chi connectivity index (χ1v) is 6.85. The summed E-state index contributed by atoms with van der Waals surface area (Å²) < 4.78 is 10.8. The fraction of sp³-hybridized carbons (Fsp3) is 0.357. The fourth-order valence-corrected chi connectivity index (χ4v) is 2.60. The monoisotopic (exact) mass is 286 g/mol. The quantitative estimate of drug-likeness (QED) is 0.865. The minimum atomic E-state index is -0.467. The van der Waals surface area contributed by atoms with Crippen molar-refractivity contribution >= 4 is 11.6 Å². The first kappa shape index (κ1) is 12.3. The summed E-state index contributed by atoms with van der Waals surface area (Å²) in [5.41, 5.74) is 7.00. The summed E-state index contributed by atoms with van der Waals surface area (Å²) in [6, 6.07) is 5.38. The maximum Gasteiger partial charge on any atom is 0.262 e. The lowest BCUT2D eigenvalue weighted by molar-refractivity contribution is -0.118. The van der Waals surface area contributed by atoms with Gasteiger partial charge in [0.2, 0.25) is 0 Å². The summed E-state index contributed by atoms with van der Waals surface area (Å²) in [7, 11) is 0. The van der Waals surface area contributed by atoms with Gasteiger partial charge in [0, 0.05) is 0 Å². The van der Waals surface area contributed by atoms with Crippen molar-refractivity contribution in [1.29, 1.82) is 0 Å². The van der Waals surface area contributed by atoms with E-state index in [2.05, 4.69) is 15.5 Å². The van der Waals surface area contributed by atoms with Crippen LogP contribution in [0.4, 0.5) is 5.69 Å². The topological polar surface area (TPSA) is 103 Å². The van der Waals surface area contributed by atoms with Crippen LogP contribution in [0.15, 0.2) is 22.7 Å². The number of nitrogens with two attached hydrogens (primary N) is 1. The Bertz CT molecular complexity index is 721. The molecule has 1 fully saturated rings. The normalized spacial score (nSPS) is 19.2. The van der Waals surface area contributed by atoms with Crippen LogP contribution in [0, 0.1) is 0 Å². The first-order valence-electron chi connectivity index (χ1n) is 6.85. The van der Waals surface area contributed by atoms with E-state index in [0.717, 1.165) is 19.3 Å². The summed E-state index contributed by atoms with van der Waals surface area (Å²) in [6.07, 6.45) is 2.81. The Kier molecular flexibility index (Phi) is 2.52. The number of carbonyl (C=O) groups is 1. The number of para-hydroxylation sites is 1. The summed E-state index contributed by atoms with van der Waals surface area (Å²) >= 11 is 0. The second kappa shape index (κ2) is 4.29. The number of benzene rings is 1. The van der Waals surface area contributed by atoms with Gasteiger partial charge in [0.25, 0.3) is 11.8 Å². The molecule has 7 nitrogen and oxygen atoms in total. The number of carbonyl (C=O) groups excluding carboxylic acids is 1. The largest absolute Gasteiger partial charge is 0.481 e. The van der Waals surface area contributed by atoms with Crippen molar-refractivity contribution in [2.24, 2.45) is 5.73 Å². The standard InChI is InChI=1S/C14H14N4O3/c15-14(5-2-6-14)13-17-12(21-18-13)8-3-1-4-9-11(8)20-7-10(19)16-9/h1,3-4H,2,5-7,15H2,(H,16,19). The highest BCUT2D eigenvalue weighted by Crippen LogP contribution is 2.40. The highest BCUT2D eigenvalue weighted by molar-refractivity contribution is 5.97. The van der Waals surface area contributed by atoms with Crippen LogP contribution in [0.25, 0.3) is 11.5 Å². The summed E-state index contributed by atoms with van der Waals surface area (Å²) in [4.78, 5) is 15.8. The van der Waals surface area contributed by atoms with E-state index in [-0.39, 0.29) is 12.5 Å². The van der Waals surface area contributed by atoms with Crippen LogP contribution in [-0.2, 0) is 10.3 Å². The van der Waals surface area contributed by atoms with Crippen molar-refractivity contribution < 1.29 is 14.1 Å². The van der Waals surface area contributed by atoms with E-state index in [1.165, 1.54) is 0 Å². The van der Waals surface area contributed by atoms with Gasteiger partial charge in [0.05, 0.1) is 16.8 Å². The van der Waals surface area contributed by atoms with Crippen molar-refractivity contribution in [3.8, 4) is 17.2 Å². The number of rotatable bonds is 2. The van der Waals surface area contributed by atoms with Crippen LogP contribution in [0.2, 0.25) is 0 Å². The van der Waals surface area contributed by atoms with E-state index < -0.39 is 5.54 Å². The Morgan fingerprint density at radius 1 is 1.33 bits per heavy atom. The Labute approximate surface area is 120 Å². The maximum atomic E-state index is 11.4. The van der Waals surface area contributed by atoms with Gasteiger partial charge in [-0.2, -0.15) is 4.98 Å². The Balaban J connectivity index is 1.74. The third kappa shape index (κ3) is 1.89. The van der Waals surface area contributed by atoms with Gasteiger partial charge in [-0.25, -0.2) is 0 Å². The van der Waals surface area contributed by atoms with E-state index >= 15 is 0 Å². The molecule has 1 saturated carbocycles. The van der Waals surface area contributed by atoms with Gasteiger partial charge in [-0.15, -0.1) is 0 Å². The van der Waals surface area contributed by atoms with E-state index in [9.17, 15) is 4.79 Å². The molecule has 0 spiro atoms. The van der Waals surface area contributed by atoms with Crippen LogP contribution in [0.5, 0.6) is 5.75 Å². The van der Waals surface area contributed by atoms with Gasteiger partial charge < -0.3 is 20.3 Å². The van der Waals surface area contributed by atoms with Crippen LogP contribution in [-0.4, -0.2) is 22.7 Å². The minimum Gasteiger partial charge on any atom is -0.481 e. The molecule has 0 radical (unpaired) electrons. The van der Waals surface area contributed by atoms with E-state index in [1.807, 2.05) is 6.07 Å². The molecule has 0 atom stereocenters. The molecule has 7 heteroatoms. The molecule has 1 aliphatic carbocycles. The highest BCUT2D eigenvalue weighted by atomic mass is 16.5. The zero-order valence-electron chi connectivity index (χ0n) is 11.3. The average Bonchev–Trinajstić information content (AvgIpc) is 2.93. The molecular formula is C14H14N4O3. The Morgan fingerprint density at radius 3 is 2.95 bits per heavy atom. The van der Waals surface area contributed by atoms with Crippen molar-refractivity contribution in [3.63, 3.8) is 0 Å². The molecule has 1 amide bonds. The third-order valence-corrected chi connectivity index (χ3v) is 3.98. The summed E-state index contributed by atoms with van der Waals surface area (Å²) in [5.74, 6) is 1.25. The highest BCUT2D eigenvalue weighted by Gasteiger charge is 2.39. The predicted molar refractivity (Wildman–Crippen MR) is 73.6 cm³/mol. The number of fused-ring (bicyclic) bond motifs is 1. The zero-order chi connectivity index (χ0) is 14.4. The number of anilines is 1. The summed E-state index contributed by atoms with van der Waals surface area (Å²) in [6.45, 7) is -0.0220. The molecule has 1 aliphatic heterocycles. The molecule has 0 unspecified atom stereocenters. The number of amides is 1. The SMILES string of the molecule is NC1(c2noc(-c3cccc4c3OCC(=O)N4)n2)CCC1. The molecular weight excluding hydrogens is 272 g/mol. The van der Waals surface area contributed by atoms with E-state index in [4.69, 9.17) is 15.0 Å². The number of ether oxygens (including phenoxy) is 1. The second-order valence-corrected chi connectivity index (χ2v) is 5.45. The van der Waals surface area contributed by atoms with Crippen LogP contribution in [0.3, 0.4) is 0 Å². The number of hydrogen-bond acceptors (Lipinski definition) is 6. The van der Waals surface area contributed by atoms with Crippen molar-refractivity contribution in [1.82, 2.24) is 10.1 Å². The van der Waals surface area contributed by atoms with Gasteiger partial charge >= 0.3 is 0 Å². The van der Waals surface area contributed by atoms with Crippen LogP contribution < -0.4 is 15.8 Å². The lowest BCUT2D eigenvalue weighted by Gasteiger charge is -2.34. The smallest absolute Gasteiger partial charge is 0.262 e. The minimum absolute atomic E-state index is 0.0220. The first-order chi connectivity index (χ1) is 10.2.